The van der Waals surface area contributed by atoms with E-state index in [0.29, 0.717) is 29.8 Å². The number of hydrogen-bond acceptors (Lipinski definition) is 2. The summed E-state index contributed by atoms with van der Waals surface area (Å²) in [5.41, 5.74) is 2.95. The first kappa shape index (κ1) is 13.0. The van der Waals surface area contributed by atoms with Gasteiger partial charge in [0.15, 0.2) is 0 Å². The summed E-state index contributed by atoms with van der Waals surface area (Å²) in [6.07, 6.45) is 12.8. The third kappa shape index (κ3) is 1.77. The lowest BCUT2D eigenvalue weighted by atomic mass is 9.59. The van der Waals surface area contributed by atoms with Gasteiger partial charge < -0.3 is 9.47 Å². The largest absolute Gasteiger partial charge is 0.493 e. The fourth-order valence-corrected chi connectivity index (χ4v) is 5.24. The standard InChI is InChI=1S/C20H22O2/c1-2-7-14-13(6-1)19-16-8-3-4-10-18(16)22-12-17(19)15-9-5-11-21-20(14)15/h1-2,4-7,10-11,15-20H,3,8-9,12H2. The van der Waals surface area contributed by atoms with Gasteiger partial charge in [-0.05, 0) is 54.2 Å². The molecule has 1 aromatic rings. The van der Waals surface area contributed by atoms with Crippen LogP contribution in [0.1, 0.15) is 42.4 Å². The van der Waals surface area contributed by atoms with Crippen molar-refractivity contribution in [3.8, 4) is 0 Å². The molecular formula is C20H22O2. The van der Waals surface area contributed by atoms with Gasteiger partial charge in [-0.3, -0.25) is 0 Å². The van der Waals surface area contributed by atoms with Gasteiger partial charge in [0.1, 0.15) is 6.10 Å². The molecule has 22 heavy (non-hydrogen) atoms. The van der Waals surface area contributed by atoms with Crippen LogP contribution in [0, 0.1) is 17.8 Å². The molecule has 2 aliphatic carbocycles. The maximum atomic E-state index is 6.25. The zero-order valence-corrected chi connectivity index (χ0v) is 12.7. The summed E-state index contributed by atoms with van der Waals surface area (Å²) in [5.74, 6) is 2.43. The Kier molecular flexibility index (Phi) is 2.94. The predicted molar refractivity (Wildman–Crippen MR) is 85.4 cm³/mol. The molecule has 6 unspecified atom stereocenters. The van der Waals surface area contributed by atoms with Gasteiger partial charge in [-0.2, -0.15) is 0 Å². The molecule has 1 aromatic carbocycles. The molecule has 114 valence electrons. The maximum absolute atomic E-state index is 6.25. The van der Waals surface area contributed by atoms with Crippen molar-refractivity contribution in [1.29, 1.82) is 0 Å². The van der Waals surface area contributed by atoms with E-state index in [9.17, 15) is 0 Å². The summed E-state index contributed by atoms with van der Waals surface area (Å²) in [4.78, 5) is 0. The van der Waals surface area contributed by atoms with Gasteiger partial charge in [-0.1, -0.05) is 36.4 Å². The Bertz CT molecular complexity index is 632. The smallest absolute Gasteiger partial charge is 0.127 e. The minimum atomic E-state index is 0.224. The molecule has 5 rings (SSSR count). The molecule has 0 amide bonds. The highest BCUT2D eigenvalue weighted by molar-refractivity contribution is 5.39. The highest BCUT2D eigenvalue weighted by atomic mass is 16.5. The van der Waals surface area contributed by atoms with Crippen molar-refractivity contribution in [2.24, 2.45) is 17.8 Å². The van der Waals surface area contributed by atoms with Crippen LogP contribution in [0.5, 0.6) is 0 Å². The molecule has 0 bridgehead atoms. The first-order chi connectivity index (χ1) is 10.9. The van der Waals surface area contributed by atoms with Crippen LogP contribution in [-0.2, 0) is 9.47 Å². The van der Waals surface area contributed by atoms with Crippen LogP contribution >= 0.6 is 0 Å². The number of benzene rings is 1. The van der Waals surface area contributed by atoms with Gasteiger partial charge in [-0.15, -0.1) is 0 Å². The van der Waals surface area contributed by atoms with Crippen molar-refractivity contribution >= 4 is 0 Å². The van der Waals surface area contributed by atoms with Crippen LogP contribution in [0.15, 0.2) is 48.8 Å². The number of rotatable bonds is 0. The van der Waals surface area contributed by atoms with E-state index in [1.807, 2.05) is 6.26 Å². The minimum absolute atomic E-state index is 0.224. The molecule has 0 saturated carbocycles. The Labute approximate surface area is 131 Å². The average Bonchev–Trinajstić information content (AvgIpc) is 2.61. The molecule has 4 aliphatic rings. The van der Waals surface area contributed by atoms with Gasteiger partial charge in [-0.25, -0.2) is 0 Å². The van der Waals surface area contributed by atoms with Crippen LogP contribution < -0.4 is 0 Å². The third-order valence-corrected chi connectivity index (χ3v) is 6.15. The predicted octanol–water partition coefficient (Wildman–Crippen LogP) is 4.36. The number of hydrogen-bond donors (Lipinski definition) is 0. The highest BCUT2D eigenvalue weighted by Gasteiger charge is 2.50. The fourth-order valence-electron chi connectivity index (χ4n) is 5.24. The number of allylic oxidation sites excluding steroid dienone is 2. The quantitative estimate of drug-likeness (QED) is 0.662. The normalized spacial score (nSPS) is 41.6. The van der Waals surface area contributed by atoms with E-state index >= 15 is 0 Å². The van der Waals surface area contributed by atoms with Gasteiger partial charge in [0, 0.05) is 5.92 Å². The first-order valence-corrected chi connectivity index (χ1v) is 8.61. The molecule has 1 saturated heterocycles. The SMILES string of the molecule is C1=CC2OCC3C4CC=COC4c4ccccc4C3C2CC1. The van der Waals surface area contributed by atoms with Crippen LogP contribution in [0.2, 0.25) is 0 Å². The monoisotopic (exact) mass is 294 g/mol. The van der Waals surface area contributed by atoms with E-state index in [0.717, 1.165) is 13.0 Å². The summed E-state index contributed by atoms with van der Waals surface area (Å²) in [7, 11) is 0. The Hall–Kier alpha value is -1.54. The number of ether oxygens (including phenoxy) is 2. The lowest BCUT2D eigenvalue weighted by Crippen LogP contribution is -2.48. The van der Waals surface area contributed by atoms with Crippen molar-refractivity contribution in [3.05, 3.63) is 59.9 Å². The lowest BCUT2D eigenvalue weighted by Gasteiger charge is -2.52. The van der Waals surface area contributed by atoms with Crippen molar-refractivity contribution in [2.45, 2.75) is 37.4 Å². The second-order valence-corrected chi connectivity index (χ2v) is 7.11. The molecule has 1 fully saturated rings. The van der Waals surface area contributed by atoms with E-state index in [1.54, 1.807) is 0 Å². The van der Waals surface area contributed by atoms with Gasteiger partial charge in [0.25, 0.3) is 0 Å². The molecule has 6 atom stereocenters. The van der Waals surface area contributed by atoms with E-state index < -0.39 is 0 Å². The Morgan fingerprint density at radius 2 is 1.86 bits per heavy atom. The van der Waals surface area contributed by atoms with Crippen molar-refractivity contribution in [1.82, 2.24) is 0 Å². The third-order valence-electron chi connectivity index (χ3n) is 6.15. The Morgan fingerprint density at radius 1 is 0.955 bits per heavy atom. The Morgan fingerprint density at radius 3 is 2.82 bits per heavy atom. The maximum Gasteiger partial charge on any atom is 0.127 e. The minimum Gasteiger partial charge on any atom is -0.493 e. The molecular weight excluding hydrogens is 272 g/mol. The molecule has 2 heteroatoms. The second kappa shape index (κ2) is 4.99. The van der Waals surface area contributed by atoms with Crippen LogP contribution in [0.25, 0.3) is 0 Å². The molecule has 0 spiro atoms. The summed E-state index contributed by atoms with van der Waals surface area (Å²) in [5, 5.41) is 0. The van der Waals surface area contributed by atoms with E-state index in [1.165, 1.54) is 24.0 Å². The van der Waals surface area contributed by atoms with Gasteiger partial charge >= 0.3 is 0 Å². The topological polar surface area (TPSA) is 18.5 Å². The zero-order chi connectivity index (χ0) is 14.5. The van der Waals surface area contributed by atoms with Crippen molar-refractivity contribution in [3.63, 3.8) is 0 Å². The van der Waals surface area contributed by atoms with E-state index in [2.05, 4.69) is 42.5 Å². The van der Waals surface area contributed by atoms with Gasteiger partial charge in [0.05, 0.1) is 19.0 Å². The average molecular weight is 294 g/mol. The van der Waals surface area contributed by atoms with E-state index in [-0.39, 0.29) is 6.10 Å². The summed E-state index contributed by atoms with van der Waals surface area (Å²) in [6.45, 7) is 0.878. The zero-order valence-electron chi connectivity index (χ0n) is 12.7. The molecule has 0 radical (unpaired) electrons. The summed E-state index contributed by atoms with van der Waals surface area (Å²) in [6, 6.07) is 8.98. The lowest BCUT2D eigenvalue weighted by molar-refractivity contribution is -0.0995. The summed E-state index contributed by atoms with van der Waals surface area (Å²) >= 11 is 0. The van der Waals surface area contributed by atoms with Crippen LogP contribution in [0.4, 0.5) is 0 Å². The van der Waals surface area contributed by atoms with Crippen LogP contribution in [-0.4, -0.2) is 12.7 Å². The molecule has 2 nitrogen and oxygen atoms in total. The number of fused-ring (bicyclic) bond motifs is 8. The molecule has 0 aromatic heterocycles. The highest BCUT2D eigenvalue weighted by Crippen LogP contribution is 2.56. The fraction of sp³-hybridized carbons (Fsp3) is 0.500. The first-order valence-electron chi connectivity index (χ1n) is 8.61. The Balaban J connectivity index is 1.64. The second-order valence-electron chi connectivity index (χ2n) is 7.11. The van der Waals surface area contributed by atoms with Gasteiger partial charge in [0.2, 0.25) is 0 Å². The van der Waals surface area contributed by atoms with E-state index in [4.69, 9.17) is 9.47 Å². The van der Waals surface area contributed by atoms with Crippen molar-refractivity contribution in [2.75, 3.05) is 6.61 Å². The molecule has 0 N–H and O–H groups in total. The van der Waals surface area contributed by atoms with Crippen molar-refractivity contribution < 1.29 is 9.47 Å². The molecule has 2 heterocycles. The summed E-state index contributed by atoms with van der Waals surface area (Å²) < 4.78 is 12.3. The van der Waals surface area contributed by atoms with Crippen LogP contribution in [0.3, 0.4) is 0 Å². The molecule has 2 aliphatic heterocycles.